The lowest BCUT2D eigenvalue weighted by Gasteiger charge is -2.21. The molecular weight excluding hydrogens is 280 g/mol. The molecule has 3 atom stereocenters. The van der Waals surface area contributed by atoms with E-state index in [1.54, 1.807) is 0 Å². The van der Waals surface area contributed by atoms with E-state index < -0.39 is 12.2 Å². The summed E-state index contributed by atoms with van der Waals surface area (Å²) >= 11 is 5.14. The molecular formula is C12H16N4O3S. The average molecular weight is 296 g/mol. The van der Waals surface area contributed by atoms with Crippen molar-refractivity contribution in [3.05, 3.63) is 16.8 Å². The standard InChI is InChI=1S/C12H16N4O3S/c17-4-8-6(18)2-1-3-7(19-8)10-15-9-11(16-10)13-5-14-12(9)20/h5-8,17-18H,1-4H2,(H2,13,14,15,16,20)/t6-,7+,8+/m0/s1. The van der Waals surface area contributed by atoms with Gasteiger partial charge in [0.15, 0.2) is 10.3 Å². The zero-order valence-corrected chi connectivity index (χ0v) is 11.6. The molecule has 0 spiro atoms. The third-order valence-corrected chi connectivity index (χ3v) is 3.85. The Balaban J connectivity index is 1.93. The van der Waals surface area contributed by atoms with Crippen LogP contribution in [-0.4, -0.2) is 49.0 Å². The van der Waals surface area contributed by atoms with Crippen molar-refractivity contribution >= 4 is 23.4 Å². The maximum Gasteiger partial charge on any atom is 0.160 e. The van der Waals surface area contributed by atoms with Crippen LogP contribution in [0.5, 0.6) is 0 Å². The highest BCUT2D eigenvalue weighted by atomic mass is 32.1. The molecule has 8 heteroatoms. The second-order valence-corrected chi connectivity index (χ2v) is 5.28. The molecule has 1 aliphatic rings. The lowest BCUT2D eigenvalue weighted by atomic mass is 10.1. The summed E-state index contributed by atoms with van der Waals surface area (Å²) in [6.45, 7) is -0.210. The number of aliphatic hydroxyl groups excluding tert-OH is 2. The quantitative estimate of drug-likeness (QED) is 0.615. The monoisotopic (exact) mass is 296 g/mol. The van der Waals surface area contributed by atoms with Crippen LogP contribution < -0.4 is 0 Å². The van der Waals surface area contributed by atoms with Gasteiger partial charge in [-0.05, 0) is 19.3 Å². The van der Waals surface area contributed by atoms with Gasteiger partial charge in [0.05, 0.1) is 19.0 Å². The third-order valence-electron chi connectivity index (χ3n) is 3.54. The molecule has 20 heavy (non-hydrogen) atoms. The fraction of sp³-hybridized carbons (Fsp3) is 0.583. The minimum absolute atomic E-state index is 0.210. The summed E-state index contributed by atoms with van der Waals surface area (Å²) in [6, 6.07) is 0. The van der Waals surface area contributed by atoms with Crippen LogP contribution in [0.3, 0.4) is 0 Å². The molecule has 108 valence electrons. The number of nitrogens with zero attached hydrogens (tertiary/aromatic N) is 2. The SMILES string of the molecule is OC[C@H]1O[C@@H](c2nc3[nH]cnc(=S)c3[nH]2)CCC[C@@H]1O. The molecule has 2 aromatic heterocycles. The van der Waals surface area contributed by atoms with Gasteiger partial charge in [0.2, 0.25) is 0 Å². The van der Waals surface area contributed by atoms with Crippen molar-refractivity contribution in [1.82, 2.24) is 19.9 Å². The van der Waals surface area contributed by atoms with Crippen LogP contribution in [0.15, 0.2) is 6.33 Å². The molecule has 3 heterocycles. The van der Waals surface area contributed by atoms with Crippen molar-refractivity contribution in [3.63, 3.8) is 0 Å². The van der Waals surface area contributed by atoms with E-state index >= 15 is 0 Å². The van der Waals surface area contributed by atoms with Crippen molar-refractivity contribution < 1.29 is 14.9 Å². The first-order valence-corrected chi connectivity index (χ1v) is 6.97. The van der Waals surface area contributed by atoms with E-state index in [4.69, 9.17) is 17.0 Å². The number of hydrogen-bond donors (Lipinski definition) is 4. The van der Waals surface area contributed by atoms with Crippen LogP contribution in [0.2, 0.25) is 0 Å². The minimum Gasteiger partial charge on any atom is -0.394 e. The molecule has 0 bridgehead atoms. The van der Waals surface area contributed by atoms with Crippen LogP contribution in [-0.2, 0) is 4.74 Å². The maximum absolute atomic E-state index is 9.85. The lowest BCUT2D eigenvalue weighted by molar-refractivity contribution is -0.0902. The molecule has 2 aromatic rings. The fourth-order valence-corrected chi connectivity index (χ4v) is 2.65. The van der Waals surface area contributed by atoms with E-state index in [0.717, 1.165) is 12.8 Å². The molecule has 7 nitrogen and oxygen atoms in total. The Morgan fingerprint density at radius 1 is 1.45 bits per heavy atom. The van der Waals surface area contributed by atoms with E-state index in [2.05, 4.69) is 19.9 Å². The van der Waals surface area contributed by atoms with Crippen LogP contribution in [0.25, 0.3) is 11.2 Å². The maximum atomic E-state index is 9.85. The van der Waals surface area contributed by atoms with Crippen molar-refractivity contribution in [2.45, 2.75) is 37.6 Å². The molecule has 4 N–H and O–H groups in total. The summed E-state index contributed by atoms with van der Waals surface area (Å²) < 4.78 is 6.22. The molecule has 1 aliphatic heterocycles. The van der Waals surface area contributed by atoms with Crippen LogP contribution in [0, 0.1) is 4.64 Å². The van der Waals surface area contributed by atoms with Crippen LogP contribution in [0.4, 0.5) is 0 Å². The Kier molecular flexibility index (Phi) is 3.79. The Labute approximate surface area is 120 Å². The van der Waals surface area contributed by atoms with E-state index in [-0.39, 0.29) is 12.7 Å². The second kappa shape index (κ2) is 5.57. The predicted octanol–water partition coefficient (Wildman–Crippen LogP) is 0.979. The summed E-state index contributed by atoms with van der Waals surface area (Å²) in [5.74, 6) is 0.642. The smallest absolute Gasteiger partial charge is 0.160 e. The highest BCUT2D eigenvalue weighted by Crippen LogP contribution is 2.29. The average Bonchev–Trinajstić information content (AvgIpc) is 2.79. The van der Waals surface area contributed by atoms with Crippen molar-refractivity contribution in [2.75, 3.05) is 6.61 Å². The number of imidazole rings is 1. The number of hydrogen-bond acceptors (Lipinski definition) is 6. The molecule has 0 aliphatic carbocycles. The van der Waals surface area contributed by atoms with Gasteiger partial charge in [0.1, 0.15) is 23.5 Å². The summed E-state index contributed by atoms with van der Waals surface area (Å²) in [5, 5.41) is 19.1. The largest absolute Gasteiger partial charge is 0.394 e. The Hall–Kier alpha value is -1.35. The number of rotatable bonds is 2. The minimum atomic E-state index is -0.642. The van der Waals surface area contributed by atoms with Crippen molar-refractivity contribution in [2.24, 2.45) is 0 Å². The lowest BCUT2D eigenvalue weighted by Crippen LogP contribution is -2.31. The summed E-state index contributed by atoms with van der Waals surface area (Å²) in [4.78, 5) is 14.5. The van der Waals surface area contributed by atoms with E-state index in [1.165, 1.54) is 6.33 Å². The predicted molar refractivity (Wildman–Crippen MR) is 73.6 cm³/mol. The number of aliphatic hydroxyl groups is 2. The first-order chi connectivity index (χ1) is 9.69. The van der Waals surface area contributed by atoms with Gasteiger partial charge in [-0.2, -0.15) is 0 Å². The number of aromatic amines is 2. The van der Waals surface area contributed by atoms with Crippen LogP contribution >= 0.6 is 12.2 Å². The van der Waals surface area contributed by atoms with Gasteiger partial charge in [-0.15, -0.1) is 0 Å². The van der Waals surface area contributed by atoms with Gasteiger partial charge >= 0.3 is 0 Å². The Morgan fingerprint density at radius 2 is 2.30 bits per heavy atom. The topological polar surface area (TPSA) is 107 Å². The molecule has 0 amide bonds. The van der Waals surface area contributed by atoms with Gasteiger partial charge in [-0.1, -0.05) is 12.2 Å². The molecule has 1 fully saturated rings. The zero-order chi connectivity index (χ0) is 14.1. The van der Waals surface area contributed by atoms with E-state index in [9.17, 15) is 10.2 Å². The van der Waals surface area contributed by atoms with Crippen molar-refractivity contribution in [1.29, 1.82) is 0 Å². The highest BCUT2D eigenvalue weighted by molar-refractivity contribution is 7.71. The van der Waals surface area contributed by atoms with Gasteiger partial charge in [0, 0.05) is 0 Å². The number of fused-ring (bicyclic) bond motifs is 1. The summed E-state index contributed by atoms with van der Waals surface area (Å²) in [6.07, 6.45) is 2.14. The molecule has 0 saturated carbocycles. The van der Waals surface area contributed by atoms with E-state index in [1.807, 2.05) is 0 Å². The van der Waals surface area contributed by atoms with Gasteiger partial charge in [-0.3, -0.25) is 0 Å². The summed E-state index contributed by atoms with van der Waals surface area (Å²) in [7, 11) is 0. The second-order valence-electron chi connectivity index (χ2n) is 4.90. The van der Waals surface area contributed by atoms with Crippen molar-refractivity contribution in [3.8, 4) is 0 Å². The normalized spacial score (nSPS) is 27.6. The summed E-state index contributed by atoms with van der Waals surface area (Å²) in [5.41, 5.74) is 1.31. The first-order valence-electron chi connectivity index (χ1n) is 6.56. The Morgan fingerprint density at radius 3 is 3.05 bits per heavy atom. The fourth-order valence-electron chi connectivity index (χ4n) is 2.45. The number of nitrogens with one attached hydrogen (secondary N) is 2. The molecule has 1 saturated heterocycles. The third kappa shape index (κ3) is 2.47. The molecule has 0 aromatic carbocycles. The number of H-pyrrole nitrogens is 2. The number of aromatic nitrogens is 4. The van der Waals surface area contributed by atoms with E-state index in [0.29, 0.717) is 28.0 Å². The molecule has 3 rings (SSSR count). The van der Waals surface area contributed by atoms with Gasteiger partial charge in [-0.25, -0.2) is 9.97 Å². The molecule has 0 radical (unpaired) electrons. The zero-order valence-electron chi connectivity index (χ0n) is 10.7. The molecule has 0 unspecified atom stereocenters. The van der Waals surface area contributed by atoms with Crippen LogP contribution in [0.1, 0.15) is 31.2 Å². The highest BCUT2D eigenvalue weighted by Gasteiger charge is 2.29. The van der Waals surface area contributed by atoms with Gasteiger partial charge in [0.25, 0.3) is 0 Å². The number of ether oxygens (including phenoxy) is 1. The Bertz CT molecular complexity index is 655. The first kappa shape index (κ1) is 13.6. The van der Waals surface area contributed by atoms with Gasteiger partial charge < -0.3 is 24.9 Å².